The van der Waals surface area contributed by atoms with Gasteiger partial charge in [-0.25, -0.2) is 0 Å². The fourth-order valence-electron chi connectivity index (χ4n) is 4.25. The van der Waals surface area contributed by atoms with Crippen LogP contribution in [0, 0.1) is 41.5 Å². The first-order valence-electron chi connectivity index (χ1n) is 11.6. The maximum Gasteiger partial charge on any atom is 0.151 e. The van der Waals surface area contributed by atoms with E-state index in [1.54, 1.807) is 0 Å². The molecule has 0 saturated carbocycles. The number of hydrogen-bond donors (Lipinski definition) is 3. The SMILES string of the molecule is Cc1ccc(Oc2ccccc2N(c2c(C)ccc(C)c2O)c2c(C)ccc(C)c2O)c(C)c1O. The van der Waals surface area contributed by atoms with Crippen molar-refractivity contribution >= 4 is 17.1 Å². The van der Waals surface area contributed by atoms with Gasteiger partial charge >= 0.3 is 0 Å². The van der Waals surface area contributed by atoms with Crippen LogP contribution in [-0.2, 0) is 0 Å². The summed E-state index contributed by atoms with van der Waals surface area (Å²) in [6.07, 6.45) is 0. The maximum atomic E-state index is 11.2. The van der Waals surface area contributed by atoms with Crippen LogP contribution in [0.15, 0.2) is 60.7 Å². The van der Waals surface area contributed by atoms with Gasteiger partial charge in [0, 0.05) is 5.56 Å². The smallest absolute Gasteiger partial charge is 0.151 e. The van der Waals surface area contributed by atoms with Gasteiger partial charge in [-0.2, -0.15) is 0 Å². The van der Waals surface area contributed by atoms with Gasteiger partial charge in [0.15, 0.2) is 5.75 Å². The Morgan fingerprint density at radius 2 is 0.971 bits per heavy atom. The minimum absolute atomic E-state index is 0.129. The first-order valence-corrected chi connectivity index (χ1v) is 11.6. The number of aryl methyl sites for hydroxylation is 5. The largest absolute Gasteiger partial charge is 0.507 e. The third kappa shape index (κ3) is 4.26. The summed E-state index contributed by atoms with van der Waals surface area (Å²) in [7, 11) is 0. The predicted octanol–water partition coefficient (Wildman–Crippen LogP) is 7.92. The van der Waals surface area contributed by atoms with E-state index in [9.17, 15) is 15.3 Å². The molecule has 0 aliphatic carbocycles. The molecule has 0 fully saturated rings. The Morgan fingerprint density at radius 1 is 0.514 bits per heavy atom. The summed E-state index contributed by atoms with van der Waals surface area (Å²) in [4.78, 5) is 1.86. The second kappa shape index (κ2) is 9.26. The molecule has 0 unspecified atom stereocenters. The van der Waals surface area contributed by atoms with Crippen molar-refractivity contribution in [2.45, 2.75) is 41.5 Å². The summed E-state index contributed by atoms with van der Waals surface area (Å²) in [5, 5.41) is 32.9. The molecule has 0 bridgehead atoms. The van der Waals surface area contributed by atoms with Crippen LogP contribution in [0.3, 0.4) is 0 Å². The van der Waals surface area contributed by atoms with Crippen molar-refractivity contribution < 1.29 is 20.1 Å². The zero-order valence-electron chi connectivity index (χ0n) is 21.0. The first-order chi connectivity index (χ1) is 16.6. The fourth-order valence-corrected chi connectivity index (χ4v) is 4.25. The van der Waals surface area contributed by atoms with Crippen molar-refractivity contribution in [3.63, 3.8) is 0 Å². The second-order valence-corrected chi connectivity index (χ2v) is 9.05. The van der Waals surface area contributed by atoms with Crippen molar-refractivity contribution in [2.24, 2.45) is 0 Å². The molecule has 4 aromatic rings. The molecule has 4 aromatic carbocycles. The van der Waals surface area contributed by atoms with Crippen molar-refractivity contribution in [3.8, 4) is 28.7 Å². The molecule has 3 N–H and O–H groups in total. The van der Waals surface area contributed by atoms with E-state index < -0.39 is 0 Å². The lowest BCUT2D eigenvalue weighted by atomic mass is 10.0. The molecule has 0 atom stereocenters. The van der Waals surface area contributed by atoms with Crippen LogP contribution in [0.4, 0.5) is 17.1 Å². The Kier molecular flexibility index (Phi) is 6.35. The number of para-hydroxylation sites is 2. The molecule has 0 aliphatic rings. The standard InChI is InChI=1S/C30H31NO4/c1-17-11-13-20(4)29(33)26(17)31(27-18(2)12-14-21(5)30(27)34)23-9-7-8-10-25(23)35-24-16-15-19(3)28(32)22(24)6/h7-16,32-34H,1-6H3. The lowest BCUT2D eigenvalue weighted by Gasteiger charge is -2.31. The Morgan fingerprint density at radius 3 is 1.54 bits per heavy atom. The molecule has 35 heavy (non-hydrogen) atoms. The van der Waals surface area contributed by atoms with E-state index in [1.165, 1.54) is 0 Å². The van der Waals surface area contributed by atoms with E-state index in [0.29, 0.717) is 34.1 Å². The van der Waals surface area contributed by atoms with Crippen LogP contribution in [0.5, 0.6) is 28.7 Å². The Hall–Kier alpha value is -4.12. The average molecular weight is 470 g/mol. The molecule has 5 heteroatoms. The van der Waals surface area contributed by atoms with Gasteiger partial charge in [0.05, 0.1) is 17.1 Å². The molecule has 0 aromatic heterocycles. The monoisotopic (exact) mass is 469 g/mol. The molecule has 0 saturated heterocycles. The molecule has 180 valence electrons. The highest BCUT2D eigenvalue weighted by Gasteiger charge is 2.27. The number of hydrogen-bond acceptors (Lipinski definition) is 5. The topological polar surface area (TPSA) is 73.2 Å². The van der Waals surface area contributed by atoms with Gasteiger partial charge in [0.25, 0.3) is 0 Å². The van der Waals surface area contributed by atoms with Crippen LogP contribution >= 0.6 is 0 Å². The normalized spacial score (nSPS) is 10.9. The summed E-state index contributed by atoms with van der Waals surface area (Å²) in [6, 6.07) is 18.8. The van der Waals surface area contributed by atoms with E-state index in [4.69, 9.17) is 4.74 Å². The number of phenols is 3. The third-order valence-electron chi connectivity index (χ3n) is 6.47. The highest BCUT2D eigenvalue weighted by molar-refractivity contribution is 5.89. The van der Waals surface area contributed by atoms with Crippen molar-refractivity contribution in [3.05, 3.63) is 94.0 Å². The predicted molar refractivity (Wildman–Crippen MR) is 141 cm³/mol. The number of phenolic OH excluding ortho intramolecular Hbond substituents is 3. The van der Waals surface area contributed by atoms with Crippen LogP contribution in [0.2, 0.25) is 0 Å². The van der Waals surface area contributed by atoms with Gasteiger partial charge in [0.2, 0.25) is 0 Å². The van der Waals surface area contributed by atoms with Gasteiger partial charge in [0.1, 0.15) is 23.0 Å². The van der Waals surface area contributed by atoms with Crippen molar-refractivity contribution in [1.82, 2.24) is 0 Å². The lowest BCUT2D eigenvalue weighted by molar-refractivity contribution is 0.445. The molecule has 0 amide bonds. The van der Waals surface area contributed by atoms with Crippen LogP contribution in [-0.4, -0.2) is 15.3 Å². The third-order valence-corrected chi connectivity index (χ3v) is 6.47. The summed E-state index contributed by atoms with van der Waals surface area (Å²) in [5.41, 5.74) is 6.29. The number of anilines is 3. The fraction of sp³-hybridized carbons (Fsp3) is 0.200. The summed E-state index contributed by atoms with van der Waals surface area (Å²) >= 11 is 0. The second-order valence-electron chi connectivity index (χ2n) is 9.05. The molecule has 0 spiro atoms. The maximum absolute atomic E-state index is 11.2. The average Bonchev–Trinajstić information content (AvgIpc) is 2.84. The summed E-state index contributed by atoms with van der Waals surface area (Å²) in [6.45, 7) is 11.2. The Labute approximate surface area is 206 Å². The highest BCUT2D eigenvalue weighted by Crippen LogP contribution is 2.51. The molecule has 5 nitrogen and oxygen atoms in total. The van der Waals surface area contributed by atoms with Gasteiger partial charge in [-0.15, -0.1) is 0 Å². The van der Waals surface area contributed by atoms with E-state index in [1.807, 2.05) is 107 Å². The number of rotatable bonds is 5. The van der Waals surface area contributed by atoms with Gasteiger partial charge in [-0.3, -0.25) is 4.90 Å². The number of aromatic hydroxyl groups is 3. The lowest BCUT2D eigenvalue weighted by Crippen LogP contribution is -2.15. The quantitative estimate of drug-likeness (QED) is 0.277. The highest BCUT2D eigenvalue weighted by atomic mass is 16.5. The Bertz CT molecular complexity index is 1370. The zero-order chi connectivity index (χ0) is 25.4. The first kappa shape index (κ1) is 24.0. The van der Waals surface area contributed by atoms with Crippen molar-refractivity contribution in [1.29, 1.82) is 0 Å². The number of benzene rings is 4. The van der Waals surface area contributed by atoms with Crippen LogP contribution in [0.1, 0.15) is 33.4 Å². The number of ether oxygens (including phenoxy) is 1. The molecular weight excluding hydrogens is 438 g/mol. The molecule has 4 rings (SSSR count). The minimum atomic E-state index is 0.129. The van der Waals surface area contributed by atoms with E-state index in [0.717, 1.165) is 27.8 Å². The van der Waals surface area contributed by atoms with E-state index in [2.05, 4.69) is 0 Å². The minimum Gasteiger partial charge on any atom is -0.507 e. The summed E-state index contributed by atoms with van der Waals surface area (Å²) in [5.74, 6) is 1.49. The van der Waals surface area contributed by atoms with Gasteiger partial charge in [-0.05, 0) is 87.6 Å². The Balaban J connectivity index is 2.01. The van der Waals surface area contributed by atoms with Crippen molar-refractivity contribution in [2.75, 3.05) is 4.90 Å². The molecule has 0 heterocycles. The van der Waals surface area contributed by atoms with E-state index in [-0.39, 0.29) is 17.2 Å². The molecule has 0 aliphatic heterocycles. The van der Waals surface area contributed by atoms with Crippen LogP contribution < -0.4 is 9.64 Å². The van der Waals surface area contributed by atoms with Gasteiger partial charge < -0.3 is 20.1 Å². The van der Waals surface area contributed by atoms with Gasteiger partial charge in [-0.1, -0.05) is 42.5 Å². The number of nitrogens with zero attached hydrogens (tertiary/aromatic N) is 1. The molecular formula is C30H31NO4. The van der Waals surface area contributed by atoms with Crippen LogP contribution in [0.25, 0.3) is 0 Å². The van der Waals surface area contributed by atoms with E-state index >= 15 is 0 Å². The summed E-state index contributed by atoms with van der Waals surface area (Å²) < 4.78 is 6.36. The molecule has 0 radical (unpaired) electrons. The zero-order valence-corrected chi connectivity index (χ0v) is 21.0.